The summed E-state index contributed by atoms with van der Waals surface area (Å²) in [5.41, 5.74) is 1.30. The first-order chi connectivity index (χ1) is 11.0. The molecule has 1 aliphatic heterocycles. The average Bonchev–Trinajstić information content (AvgIpc) is 2.51. The first-order valence-electron chi connectivity index (χ1n) is 8.44. The molecule has 0 radical (unpaired) electrons. The van der Waals surface area contributed by atoms with Crippen LogP contribution in [0.4, 0.5) is 0 Å². The molecule has 2 rings (SSSR count). The third-order valence-electron chi connectivity index (χ3n) is 4.38. The largest absolute Gasteiger partial charge is 0.356 e. The Morgan fingerprint density at radius 2 is 2.17 bits per heavy atom. The fraction of sp³-hybridized carbons (Fsp3) is 0.611. The van der Waals surface area contributed by atoms with E-state index in [0.717, 1.165) is 24.1 Å². The van der Waals surface area contributed by atoms with Crippen molar-refractivity contribution in [1.29, 1.82) is 0 Å². The quantitative estimate of drug-likeness (QED) is 0.403. The van der Waals surface area contributed by atoms with E-state index in [2.05, 4.69) is 53.6 Å². The summed E-state index contributed by atoms with van der Waals surface area (Å²) in [7, 11) is 4.03. The van der Waals surface area contributed by atoms with Crippen molar-refractivity contribution < 1.29 is 0 Å². The van der Waals surface area contributed by atoms with Gasteiger partial charge in [-0.05, 0) is 63.9 Å². The minimum absolute atomic E-state index is 0. The van der Waals surface area contributed by atoms with E-state index in [1.54, 1.807) is 0 Å². The fourth-order valence-corrected chi connectivity index (χ4v) is 3.59. The van der Waals surface area contributed by atoms with Crippen molar-refractivity contribution in [2.24, 2.45) is 10.9 Å². The van der Waals surface area contributed by atoms with Crippen LogP contribution in [0.1, 0.15) is 38.3 Å². The van der Waals surface area contributed by atoms with Crippen LogP contribution in [0.3, 0.4) is 0 Å². The van der Waals surface area contributed by atoms with Crippen molar-refractivity contribution in [1.82, 2.24) is 15.5 Å². The van der Waals surface area contributed by atoms with Crippen molar-refractivity contribution in [2.75, 3.05) is 27.2 Å². The van der Waals surface area contributed by atoms with Crippen molar-refractivity contribution in [3.05, 3.63) is 34.9 Å². The second-order valence-electron chi connectivity index (χ2n) is 6.63. The molecule has 0 amide bonds. The lowest BCUT2D eigenvalue weighted by atomic mass is 9.85. The Hall–Kier alpha value is -0.530. The minimum atomic E-state index is 0. The molecule has 0 saturated carbocycles. The maximum atomic E-state index is 6.20. The monoisotopic (exact) mass is 464 g/mol. The molecule has 0 aliphatic carbocycles. The van der Waals surface area contributed by atoms with E-state index in [-0.39, 0.29) is 24.0 Å². The number of nitrogens with zero attached hydrogens (tertiary/aromatic N) is 2. The fourth-order valence-electron chi connectivity index (χ4n) is 3.39. The molecular weight excluding hydrogens is 435 g/mol. The molecule has 136 valence electrons. The Morgan fingerprint density at radius 1 is 1.42 bits per heavy atom. The Balaban J connectivity index is 0.00000288. The number of benzene rings is 1. The molecule has 6 heteroatoms. The summed E-state index contributed by atoms with van der Waals surface area (Å²) in [6, 6.07) is 9.04. The lowest BCUT2D eigenvalue weighted by Crippen LogP contribution is -2.46. The van der Waals surface area contributed by atoms with Gasteiger partial charge in [-0.2, -0.15) is 0 Å². The number of rotatable bonds is 4. The van der Waals surface area contributed by atoms with Gasteiger partial charge in [-0.15, -0.1) is 24.0 Å². The van der Waals surface area contributed by atoms with Crippen LogP contribution in [-0.2, 0) is 0 Å². The predicted octanol–water partition coefficient (Wildman–Crippen LogP) is 3.91. The smallest absolute Gasteiger partial charge is 0.191 e. The number of hydrogen-bond donors (Lipinski definition) is 2. The second-order valence-corrected chi connectivity index (χ2v) is 7.07. The number of piperidine rings is 1. The first-order valence-corrected chi connectivity index (χ1v) is 8.82. The summed E-state index contributed by atoms with van der Waals surface area (Å²) in [6.07, 6.45) is 2.45. The van der Waals surface area contributed by atoms with Gasteiger partial charge in [0.2, 0.25) is 0 Å². The highest BCUT2D eigenvalue weighted by Crippen LogP contribution is 2.35. The summed E-state index contributed by atoms with van der Waals surface area (Å²) < 4.78 is 0. The molecule has 0 spiro atoms. The second kappa shape index (κ2) is 10.5. The highest BCUT2D eigenvalue weighted by Gasteiger charge is 2.30. The number of nitrogens with one attached hydrogen (secondary N) is 2. The molecule has 1 saturated heterocycles. The van der Waals surface area contributed by atoms with Gasteiger partial charge in [0.05, 0.1) is 0 Å². The van der Waals surface area contributed by atoms with Crippen LogP contribution in [-0.4, -0.2) is 44.1 Å². The van der Waals surface area contributed by atoms with Gasteiger partial charge in [0.25, 0.3) is 0 Å². The molecule has 2 atom stereocenters. The van der Waals surface area contributed by atoms with E-state index in [1.165, 1.54) is 18.4 Å². The van der Waals surface area contributed by atoms with Crippen LogP contribution in [0.2, 0.25) is 5.02 Å². The zero-order valence-electron chi connectivity index (χ0n) is 15.1. The van der Waals surface area contributed by atoms with Crippen molar-refractivity contribution >= 4 is 41.5 Å². The number of guanidine groups is 1. The summed E-state index contributed by atoms with van der Waals surface area (Å²) in [4.78, 5) is 6.75. The van der Waals surface area contributed by atoms with Crippen molar-refractivity contribution in [3.63, 3.8) is 0 Å². The highest BCUT2D eigenvalue weighted by atomic mass is 127. The predicted molar refractivity (Wildman–Crippen MR) is 115 cm³/mol. The summed E-state index contributed by atoms with van der Waals surface area (Å²) >= 11 is 6.20. The average molecular weight is 465 g/mol. The van der Waals surface area contributed by atoms with Gasteiger partial charge in [0.1, 0.15) is 0 Å². The van der Waals surface area contributed by atoms with Crippen LogP contribution >= 0.6 is 35.6 Å². The van der Waals surface area contributed by atoms with E-state index in [4.69, 9.17) is 11.6 Å². The van der Waals surface area contributed by atoms with Crippen LogP contribution < -0.4 is 10.6 Å². The lowest BCUT2D eigenvalue weighted by Gasteiger charge is -2.40. The Bertz CT molecular complexity index is 536. The van der Waals surface area contributed by atoms with Crippen LogP contribution in [0, 0.1) is 5.92 Å². The van der Waals surface area contributed by atoms with Gasteiger partial charge in [0.15, 0.2) is 5.96 Å². The van der Waals surface area contributed by atoms with E-state index in [9.17, 15) is 0 Å². The standard InChI is InChI=1S/C18H29ClN4.HI/c1-13(2)22-18(20-3)21-12-15-8-6-10-23(4)17(15)14-7-5-9-16(19)11-14;/h5,7,9,11,13,15,17H,6,8,10,12H2,1-4H3,(H2,20,21,22);1H. The molecule has 1 aromatic rings. The highest BCUT2D eigenvalue weighted by molar-refractivity contribution is 14.0. The molecule has 1 fully saturated rings. The summed E-state index contributed by atoms with van der Waals surface area (Å²) in [5, 5.41) is 7.64. The zero-order valence-corrected chi connectivity index (χ0v) is 18.1. The molecule has 1 heterocycles. The Morgan fingerprint density at radius 3 is 2.79 bits per heavy atom. The zero-order chi connectivity index (χ0) is 16.8. The van der Waals surface area contributed by atoms with E-state index in [0.29, 0.717) is 18.0 Å². The minimum Gasteiger partial charge on any atom is -0.356 e. The summed E-state index contributed by atoms with van der Waals surface area (Å²) in [6.45, 7) is 6.28. The molecular formula is C18H30ClIN4. The maximum Gasteiger partial charge on any atom is 0.191 e. The van der Waals surface area contributed by atoms with Crippen LogP contribution in [0.15, 0.2) is 29.3 Å². The molecule has 24 heavy (non-hydrogen) atoms. The van der Waals surface area contributed by atoms with Gasteiger partial charge in [-0.3, -0.25) is 9.89 Å². The van der Waals surface area contributed by atoms with Gasteiger partial charge in [-0.25, -0.2) is 0 Å². The van der Waals surface area contributed by atoms with Crippen molar-refractivity contribution in [3.8, 4) is 0 Å². The third-order valence-corrected chi connectivity index (χ3v) is 4.61. The third kappa shape index (κ3) is 6.08. The van der Waals surface area contributed by atoms with Gasteiger partial charge < -0.3 is 10.6 Å². The van der Waals surface area contributed by atoms with Gasteiger partial charge in [0, 0.05) is 30.7 Å². The van der Waals surface area contributed by atoms with Crippen LogP contribution in [0.5, 0.6) is 0 Å². The number of likely N-dealkylation sites (tertiary alicyclic amines) is 1. The molecule has 0 bridgehead atoms. The molecule has 2 N–H and O–H groups in total. The SMILES string of the molecule is CN=C(NCC1CCCN(C)C1c1cccc(Cl)c1)NC(C)C.I. The van der Waals surface area contributed by atoms with Gasteiger partial charge in [-0.1, -0.05) is 23.7 Å². The van der Waals surface area contributed by atoms with Crippen LogP contribution in [0.25, 0.3) is 0 Å². The topological polar surface area (TPSA) is 39.7 Å². The lowest BCUT2D eigenvalue weighted by molar-refractivity contribution is 0.122. The number of aliphatic imine (C=N–C) groups is 1. The number of halogens is 2. The van der Waals surface area contributed by atoms with E-state index < -0.39 is 0 Å². The van der Waals surface area contributed by atoms with Gasteiger partial charge >= 0.3 is 0 Å². The van der Waals surface area contributed by atoms with E-state index >= 15 is 0 Å². The first kappa shape index (κ1) is 21.5. The van der Waals surface area contributed by atoms with Crippen molar-refractivity contribution in [2.45, 2.75) is 38.8 Å². The Labute approximate surface area is 168 Å². The molecule has 4 nitrogen and oxygen atoms in total. The normalized spacial score (nSPS) is 22.2. The van der Waals surface area contributed by atoms with E-state index in [1.807, 2.05) is 19.2 Å². The molecule has 1 aliphatic rings. The number of hydrogen-bond acceptors (Lipinski definition) is 2. The molecule has 1 aromatic carbocycles. The maximum absolute atomic E-state index is 6.20. The molecule has 2 unspecified atom stereocenters. The molecule has 0 aromatic heterocycles. The summed E-state index contributed by atoms with van der Waals surface area (Å²) in [5.74, 6) is 1.41. The Kier molecular flexibility index (Phi) is 9.37.